The Morgan fingerprint density at radius 2 is 2.05 bits per heavy atom. The first kappa shape index (κ1) is 14.9. The Balaban J connectivity index is 2.15. The molecule has 0 amide bonds. The third kappa shape index (κ3) is 3.55. The second-order valence-corrected chi connectivity index (χ2v) is 8.15. The van der Waals surface area contributed by atoms with E-state index in [-0.39, 0.29) is 0 Å². The van der Waals surface area contributed by atoms with E-state index in [1.807, 2.05) is 20.2 Å². The molecule has 0 aromatic carbocycles. The molecule has 1 aromatic rings. The fraction of sp³-hybridized carbons (Fsp3) is 0.667. The smallest absolute Gasteiger partial charge is 0.252 e. The number of hydrogen-bond acceptors (Lipinski definition) is 5. The summed E-state index contributed by atoms with van der Waals surface area (Å²) in [6.07, 6.45) is 0.893. The van der Waals surface area contributed by atoms with Crippen LogP contribution in [0.3, 0.4) is 0 Å². The van der Waals surface area contributed by atoms with Crippen LogP contribution >= 0.6 is 11.3 Å². The summed E-state index contributed by atoms with van der Waals surface area (Å²) in [6, 6.07) is 3.61. The number of sulfonamides is 1. The summed E-state index contributed by atoms with van der Waals surface area (Å²) >= 11 is 1.36. The lowest BCUT2D eigenvalue weighted by molar-refractivity contribution is 0.347. The van der Waals surface area contributed by atoms with Gasteiger partial charge < -0.3 is 10.2 Å². The van der Waals surface area contributed by atoms with Gasteiger partial charge in [-0.3, -0.25) is 0 Å². The molecule has 7 heteroatoms. The van der Waals surface area contributed by atoms with Gasteiger partial charge in [-0.25, -0.2) is 8.42 Å². The minimum absolute atomic E-state index is 0.460. The SMILES string of the molecule is CNCc1ccc(S(=O)(=O)N2CCCN(C)CC2)s1. The molecule has 0 atom stereocenters. The van der Waals surface area contributed by atoms with Crippen LogP contribution in [-0.2, 0) is 16.6 Å². The van der Waals surface area contributed by atoms with Crippen molar-refractivity contribution < 1.29 is 8.42 Å². The summed E-state index contributed by atoms with van der Waals surface area (Å²) in [5, 5.41) is 3.04. The van der Waals surface area contributed by atoms with E-state index in [1.54, 1.807) is 10.4 Å². The molecule has 0 spiro atoms. The molecule has 2 rings (SSSR count). The van der Waals surface area contributed by atoms with Crippen molar-refractivity contribution in [2.45, 2.75) is 17.2 Å². The van der Waals surface area contributed by atoms with Gasteiger partial charge in [-0.05, 0) is 39.2 Å². The van der Waals surface area contributed by atoms with Gasteiger partial charge in [0, 0.05) is 31.1 Å². The van der Waals surface area contributed by atoms with Crippen LogP contribution in [0.15, 0.2) is 16.3 Å². The van der Waals surface area contributed by atoms with Gasteiger partial charge in [0.1, 0.15) is 4.21 Å². The average molecular weight is 303 g/mol. The van der Waals surface area contributed by atoms with Crippen molar-refractivity contribution in [3.8, 4) is 0 Å². The highest BCUT2D eigenvalue weighted by Crippen LogP contribution is 2.25. The van der Waals surface area contributed by atoms with E-state index >= 15 is 0 Å². The first-order valence-electron chi connectivity index (χ1n) is 6.46. The maximum Gasteiger partial charge on any atom is 0.252 e. The van der Waals surface area contributed by atoms with Gasteiger partial charge in [-0.2, -0.15) is 4.31 Å². The molecule has 0 saturated carbocycles. The molecule has 1 N–H and O–H groups in total. The van der Waals surface area contributed by atoms with E-state index in [1.165, 1.54) is 11.3 Å². The summed E-state index contributed by atoms with van der Waals surface area (Å²) in [4.78, 5) is 3.23. The van der Waals surface area contributed by atoms with Crippen LogP contribution in [-0.4, -0.2) is 57.9 Å². The number of nitrogens with zero attached hydrogens (tertiary/aromatic N) is 2. The van der Waals surface area contributed by atoms with Crippen LogP contribution in [0.5, 0.6) is 0 Å². The van der Waals surface area contributed by atoms with Crippen LogP contribution in [0.4, 0.5) is 0 Å². The van der Waals surface area contributed by atoms with Crippen LogP contribution in [0.1, 0.15) is 11.3 Å². The molecule has 1 aromatic heterocycles. The minimum Gasteiger partial charge on any atom is -0.315 e. The van der Waals surface area contributed by atoms with Crippen molar-refractivity contribution in [1.82, 2.24) is 14.5 Å². The largest absolute Gasteiger partial charge is 0.315 e. The van der Waals surface area contributed by atoms with Crippen molar-refractivity contribution >= 4 is 21.4 Å². The fourth-order valence-corrected chi connectivity index (χ4v) is 5.15. The number of hydrogen-bond donors (Lipinski definition) is 1. The van der Waals surface area contributed by atoms with E-state index in [0.717, 1.165) is 24.4 Å². The van der Waals surface area contributed by atoms with Crippen molar-refractivity contribution in [3.63, 3.8) is 0 Å². The predicted molar refractivity (Wildman–Crippen MR) is 78.0 cm³/mol. The quantitative estimate of drug-likeness (QED) is 0.894. The second kappa shape index (κ2) is 6.32. The summed E-state index contributed by atoms with van der Waals surface area (Å²) < 4.78 is 27.2. The molecule has 1 saturated heterocycles. The summed E-state index contributed by atoms with van der Waals surface area (Å²) in [5.74, 6) is 0. The van der Waals surface area contributed by atoms with Gasteiger partial charge in [-0.1, -0.05) is 0 Å². The third-order valence-electron chi connectivity index (χ3n) is 3.26. The van der Waals surface area contributed by atoms with E-state index in [0.29, 0.717) is 23.8 Å². The van der Waals surface area contributed by atoms with Crippen molar-refractivity contribution in [3.05, 3.63) is 17.0 Å². The van der Waals surface area contributed by atoms with E-state index in [2.05, 4.69) is 10.2 Å². The normalized spacial score (nSPS) is 19.5. The lowest BCUT2D eigenvalue weighted by atomic mass is 10.4. The number of likely N-dealkylation sites (N-methyl/N-ethyl adjacent to an activating group) is 1. The lowest BCUT2D eigenvalue weighted by Crippen LogP contribution is -2.34. The summed E-state index contributed by atoms with van der Waals surface area (Å²) in [7, 11) is 0.585. The molecule has 0 radical (unpaired) electrons. The number of thiophene rings is 1. The van der Waals surface area contributed by atoms with Crippen molar-refractivity contribution in [1.29, 1.82) is 0 Å². The van der Waals surface area contributed by atoms with E-state index in [9.17, 15) is 8.42 Å². The first-order valence-corrected chi connectivity index (χ1v) is 8.71. The maximum absolute atomic E-state index is 12.6. The van der Waals surface area contributed by atoms with Gasteiger partial charge in [0.05, 0.1) is 0 Å². The van der Waals surface area contributed by atoms with Gasteiger partial charge in [0.25, 0.3) is 10.0 Å². The highest BCUT2D eigenvalue weighted by atomic mass is 32.2. The second-order valence-electron chi connectivity index (χ2n) is 4.81. The van der Waals surface area contributed by atoms with Crippen LogP contribution in [0.2, 0.25) is 0 Å². The Hall–Kier alpha value is -0.470. The molecule has 2 heterocycles. The van der Waals surface area contributed by atoms with Gasteiger partial charge in [0.2, 0.25) is 0 Å². The molecule has 108 valence electrons. The molecule has 19 heavy (non-hydrogen) atoms. The molecule has 0 bridgehead atoms. The molecule has 1 fully saturated rings. The molecule has 1 aliphatic heterocycles. The van der Waals surface area contributed by atoms with Crippen molar-refractivity contribution in [2.24, 2.45) is 0 Å². The minimum atomic E-state index is -3.31. The highest BCUT2D eigenvalue weighted by Gasteiger charge is 2.27. The Morgan fingerprint density at radius 1 is 1.26 bits per heavy atom. The Bertz CT molecular complexity index is 513. The third-order valence-corrected chi connectivity index (χ3v) is 6.71. The average Bonchev–Trinajstić information content (AvgIpc) is 2.72. The zero-order valence-corrected chi connectivity index (χ0v) is 13.1. The van der Waals surface area contributed by atoms with Gasteiger partial charge in [0.15, 0.2) is 0 Å². The van der Waals surface area contributed by atoms with Crippen LogP contribution < -0.4 is 5.32 Å². The topological polar surface area (TPSA) is 52.7 Å². The molecular formula is C12H21N3O2S2. The zero-order valence-electron chi connectivity index (χ0n) is 11.4. The van der Waals surface area contributed by atoms with Gasteiger partial charge >= 0.3 is 0 Å². The molecular weight excluding hydrogens is 282 g/mol. The van der Waals surface area contributed by atoms with Crippen molar-refractivity contribution in [2.75, 3.05) is 40.3 Å². The van der Waals surface area contributed by atoms with Crippen LogP contribution in [0.25, 0.3) is 0 Å². The van der Waals surface area contributed by atoms with Crippen LogP contribution in [0, 0.1) is 0 Å². The Morgan fingerprint density at radius 3 is 2.79 bits per heavy atom. The monoisotopic (exact) mass is 303 g/mol. The van der Waals surface area contributed by atoms with E-state index < -0.39 is 10.0 Å². The summed E-state index contributed by atoms with van der Waals surface area (Å²) in [5.41, 5.74) is 0. The zero-order chi connectivity index (χ0) is 13.9. The molecule has 1 aliphatic rings. The van der Waals surface area contributed by atoms with E-state index in [4.69, 9.17) is 0 Å². The first-order chi connectivity index (χ1) is 9.04. The summed E-state index contributed by atoms with van der Waals surface area (Å²) in [6.45, 7) is 3.67. The predicted octanol–water partition coefficient (Wildman–Crippen LogP) is 0.794. The number of nitrogens with one attached hydrogen (secondary N) is 1. The lowest BCUT2D eigenvalue weighted by Gasteiger charge is -2.19. The number of rotatable bonds is 4. The molecule has 0 aliphatic carbocycles. The molecule has 5 nitrogen and oxygen atoms in total. The maximum atomic E-state index is 12.6. The fourth-order valence-electron chi connectivity index (χ4n) is 2.16. The Labute approximate surface area is 119 Å². The Kier molecular flexibility index (Phi) is 4.97. The van der Waals surface area contributed by atoms with Gasteiger partial charge in [-0.15, -0.1) is 11.3 Å². The standard InChI is InChI=1S/C12H21N3O2S2/c1-13-10-11-4-5-12(18-11)19(16,17)15-7-3-6-14(2)8-9-15/h4-5,13H,3,6-10H2,1-2H3. The highest BCUT2D eigenvalue weighted by molar-refractivity contribution is 7.91. The molecule has 0 unspecified atom stereocenters.